The molecule has 0 spiro atoms. The van der Waals surface area contributed by atoms with Gasteiger partial charge in [-0.05, 0) is 48.1 Å². The summed E-state index contributed by atoms with van der Waals surface area (Å²) in [5.41, 5.74) is 7.06. The van der Waals surface area contributed by atoms with E-state index in [-0.39, 0.29) is 17.9 Å². The lowest BCUT2D eigenvalue weighted by Crippen LogP contribution is -2.24. The first-order chi connectivity index (χ1) is 11.8. The number of hydrazone groups is 1. The Bertz CT molecular complexity index is 756. The third kappa shape index (κ3) is 5.75. The first-order valence-electron chi connectivity index (χ1n) is 8.38. The molecule has 0 atom stereocenters. The average Bonchev–Trinajstić information content (AvgIpc) is 2.56. The van der Waals surface area contributed by atoms with Gasteiger partial charge in [-0.3, -0.25) is 4.79 Å². The molecule has 25 heavy (non-hydrogen) atoms. The van der Waals surface area contributed by atoms with E-state index in [0.717, 1.165) is 16.7 Å². The highest BCUT2D eigenvalue weighted by atomic mass is 16.5. The third-order valence-corrected chi connectivity index (χ3v) is 3.92. The summed E-state index contributed by atoms with van der Waals surface area (Å²) < 4.78 is 5.50. The third-order valence-electron chi connectivity index (χ3n) is 3.92. The fourth-order valence-electron chi connectivity index (χ4n) is 2.31. The Morgan fingerprint density at radius 2 is 1.80 bits per heavy atom. The summed E-state index contributed by atoms with van der Waals surface area (Å²) in [6, 6.07) is 13.9. The maximum atomic E-state index is 11.8. The number of rotatable bonds is 5. The molecule has 0 saturated heterocycles. The van der Waals surface area contributed by atoms with Crippen LogP contribution in [-0.4, -0.2) is 18.7 Å². The fourth-order valence-corrected chi connectivity index (χ4v) is 2.31. The van der Waals surface area contributed by atoms with Crippen LogP contribution in [0.3, 0.4) is 0 Å². The van der Waals surface area contributed by atoms with Crippen LogP contribution in [0.4, 0.5) is 0 Å². The Balaban J connectivity index is 1.84. The second-order valence-electron chi connectivity index (χ2n) is 7.22. The minimum Gasteiger partial charge on any atom is -0.484 e. The van der Waals surface area contributed by atoms with Crippen LogP contribution >= 0.6 is 0 Å². The maximum absolute atomic E-state index is 11.8. The van der Waals surface area contributed by atoms with Crippen molar-refractivity contribution < 1.29 is 9.53 Å². The maximum Gasteiger partial charge on any atom is 0.277 e. The van der Waals surface area contributed by atoms with E-state index in [1.165, 1.54) is 5.56 Å². The minimum atomic E-state index is -0.290. The molecule has 0 heterocycles. The Labute approximate surface area is 149 Å². The Hall–Kier alpha value is -2.62. The topological polar surface area (TPSA) is 50.7 Å². The molecule has 2 aromatic carbocycles. The summed E-state index contributed by atoms with van der Waals surface area (Å²) in [4.78, 5) is 11.8. The SMILES string of the molecule is Cc1ccc(C)c(/C=N\NC(=O)COc2ccc(C(C)(C)C)cc2)c1. The second-order valence-corrected chi connectivity index (χ2v) is 7.22. The summed E-state index contributed by atoms with van der Waals surface area (Å²) in [6.07, 6.45) is 1.65. The van der Waals surface area contributed by atoms with Crippen molar-refractivity contribution in [1.29, 1.82) is 0 Å². The normalized spacial score (nSPS) is 11.6. The van der Waals surface area contributed by atoms with E-state index in [0.29, 0.717) is 5.75 Å². The van der Waals surface area contributed by atoms with E-state index in [9.17, 15) is 4.79 Å². The summed E-state index contributed by atoms with van der Waals surface area (Å²) in [7, 11) is 0. The molecule has 0 aliphatic heterocycles. The summed E-state index contributed by atoms with van der Waals surface area (Å²) in [5, 5.41) is 4.00. The van der Waals surface area contributed by atoms with Gasteiger partial charge in [0.15, 0.2) is 6.61 Å². The van der Waals surface area contributed by atoms with Crippen molar-refractivity contribution >= 4 is 12.1 Å². The zero-order valence-electron chi connectivity index (χ0n) is 15.6. The number of ether oxygens (including phenoxy) is 1. The number of hydrogen-bond donors (Lipinski definition) is 1. The van der Waals surface area contributed by atoms with Crippen molar-refractivity contribution in [1.82, 2.24) is 5.43 Å². The van der Waals surface area contributed by atoms with Crippen molar-refractivity contribution in [2.75, 3.05) is 6.61 Å². The fraction of sp³-hybridized carbons (Fsp3) is 0.333. The molecule has 2 aromatic rings. The molecule has 0 unspecified atom stereocenters. The van der Waals surface area contributed by atoms with Gasteiger partial charge in [-0.1, -0.05) is 56.7 Å². The summed E-state index contributed by atoms with van der Waals surface area (Å²) in [5.74, 6) is 0.378. The molecule has 0 aromatic heterocycles. The average molecular weight is 338 g/mol. The first kappa shape index (κ1) is 18.7. The molecule has 1 amide bonds. The van der Waals surface area contributed by atoms with Gasteiger partial charge in [0.05, 0.1) is 6.21 Å². The number of carbonyl (C=O) groups excluding carboxylic acids is 1. The van der Waals surface area contributed by atoms with Crippen LogP contribution in [0.1, 0.15) is 43.0 Å². The van der Waals surface area contributed by atoms with Crippen LogP contribution in [0.5, 0.6) is 5.75 Å². The molecule has 0 radical (unpaired) electrons. The number of carbonyl (C=O) groups is 1. The predicted molar refractivity (Wildman–Crippen MR) is 102 cm³/mol. The largest absolute Gasteiger partial charge is 0.484 e. The highest BCUT2D eigenvalue weighted by Gasteiger charge is 2.13. The van der Waals surface area contributed by atoms with E-state index in [2.05, 4.69) is 31.3 Å². The summed E-state index contributed by atoms with van der Waals surface area (Å²) in [6.45, 7) is 10.4. The Morgan fingerprint density at radius 1 is 1.12 bits per heavy atom. The van der Waals surface area contributed by atoms with Crippen LogP contribution in [0, 0.1) is 13.8 Å². The van der Waals surface area contributed by atoms with Gasteiger partial charge < -0.3 is 4.74 Å². The molecule has 0 bridgehead atoms. The van der Waals surface area contributed by atoms with Gasteiger partial charge in [-0.25, -0.2) is 5.43 Å². The monoisotopic (exact) mass is 338 g/mol. The van der Waals surface area contributed by atoms with Crippen molar-refractivity contribution in [2.45, 2.75) is 40.0 Å². The lowest BCUT2D eigenvalue weighted by Gasteiger charge is -2.19. The van der Waals surface area contributed by atoms with Crippen molar-refractivity contribution in [3.63, 3.8) is 0 Å². The number of aryl methyl sites for hydroxylation is 2. The van der Waals surface area contributed by atoms with Gasteiger partial charge in [-0.2, -0.15) is 5.10 Å². The van der Waals surface area contributed by atoms with Gasteiger partial charge in [0.25, 0.3) is 5.91 Å². The quantitative estimate of drug-likeness (QED) is 0.658. The number of nitrogens with zero attached hydrogens (tertiary/aromatic N) is 1. The van der Waals surface area contributed by atoms with Crippen LogP contribution in [0.15, 0.2) is 47.6 Å². The van der Waals surface area contributed by atoms with Gasteiger partial charge >= 0.3 is 0 Å². The highest BCUT2D eigenvalue weighted by Crippen LogP contribution is 2.24. The lowest BCUT2D eigenvalue weighted by molar-refractivity contribution is -0.123. The zero-order valence-corrected chi connectivity index (χ0v) is 15.6. The van der Waals surface area contributed by atoms with Crippen LogP contribution in [0.25, 0.3) is 0 Å². The van der Waals surface area contributed by atoms with Crippen molar-refractivity contribution in [3.05, 3.63) is 64.7 Å². The number of nitrogens with one attached hydrogen (secondary N) is 1. The number of benzene rings is 2. The van der Waals surface area contributed by atoms with Crippen molar-refractivity contribution in [2.24, 2.45) is 5.10 Å². The minimum absolute atomic E-state index is 0.0704. The van der Waals surface area contributed by atoms with Crippen LogP contribution in [-0.2, 0) is 10.2 Å². The molecular formula is C21H26N2O2. The molecule has 132 valence electrons. The van der Waals surface area contributed by atoms with E-state index < -0.39 is 0 Å². The van der Waals surface area contributed by atoms with Crippen LogP contribution in [0.2, 0.25) is 0 Å². The molecular weight excluding hydrogens is 312 g/mol. The number of hydrogen-bond acceptors (Lipinski definition) is 3. The van der Waals surface area contributed by atoms with Crippen LogP contribution < -0.4 is 10.2 Å². The van der Waals surface area contributed by atoms with Gasteiger partial charge in [0.1, 0.15) is 5.75 Å². The lowest BCUT2D eigenvalue weighted by atomic mass is 9.87. The first-order valence-corrected chi connectivity index (χ1v) is 8.38. The zero-order chi connectivity index (χ0) is 18.4. The molecule has 2 rings (SSSR count). The standard InChI is InChI=1S/C21H26N2O2/c1-15-6-7-16(2)17(12-15)13-22-23-20(24)14-25-19-10-8-18(9-11-19)21(3,4)5/h6-13H,14H2,1-5H3,(H,23,24)/b22-13-. The molecule has 0 saturated carbocycles. The second kappa shape index (κ2) is 7.97. The summed E-state index contributed by atoms with van der Waals surface area (Å²) >= 11 is 0. The molecule has 4 nitrogen and oxygen atoms in total. The highest BCUT2D eigenvalue weighted by molar-refractivity contribution is 5.84. The van der Waals surface area contributed by atoms with Gasteiger partial charge in [0, 0.05) is 0 Å². The molecule has 0 fully saturated rings. The number of amides is 1. The van der Waals surface area contributed by atoms with E-state index in [1.54, 1.807) is 6.21 Å². The van der Waals surface area contributed by atoms with E-state index >= 15 is 0 Å². The van der Waals surface area contributed by atoms with E-state index in [1.807, 2.05) is 56.3 Å². The molecule has 4 heteroatoms. The molecule has 0 aliphatic rings. The van der Waals surface area contributed by atoms with Gasteiger partial charge in [0.2, 0.25) is 0 Å². The molecule has 1 N–H and O–H groups in total. The predicted octanol–water partition coefficient (Wildman–Crippen LogP) is 4.13. The van der Waals surface area contributed by atoms with Gasteiger partial charge in [-0.15, -0.1) is 0 Å². The smallest absolute Gasteiger partial charge is 0.277 e. The Kier molecular flexibility index (Phi) is 5.97. The van der Waals surface area contributed by atoms with Crippen molar-refractivity contribution in [3.8, 4) is 5.75 Å². The van der Waals surface area contributed by atoms with E-state index in [4.69, 9.17) is 4.74 Å². The molecule has 0 aliphatic carbocycles. The Morgan fingerprint density at radius 3 is 2.44 bits per heavy atom.